The maximum atomic E-state index is 13.5. The maximum Gasteiger partial charge on any atom is 0.272 e. The summed E-state index contributed by atoms with van der Waals surface area (Å²) in [6.45, 7) is 0. The van der Waals surface area contributed by atoms with E-state index in [1.165, 1.54) is 12.1 Å². The van der Waals surface area contributed by atoms with Crippen LogP contribution in [0.25, 0.3) is 16.9 Å². The average molecular weight is 472 g/mol. The van der Waals surface area contributed by atoms with Crippen molar-refractivity contribution >= 4 is 15.7 Å². The van der Waals surface area contributed by atoms with E-state index in [-0.39, 0.29) is 23.0 Å². The number of hydrogen-bond donors (Lipinski definition) is 1. The van der Waals surface area contributed by atoms with Gasteiger partial charge >= 0.3 is 0 Å². The number of nitrogens with one attached hydrogen (secondary N) is 1. The van der Waals surface area contributed by atoms with Crippen molar-refractivity contribution < 1.29 is 27.1 Å². The van der Waals surface area contributed by atoms with Gasteiger partial charge in [-0.05, 0) is 48.4 Å². The molecule has 8 nitrogen and oxygen atoms in total. The number of methoxy groups -OCH3 is 2. The zero-order valence-electron chi connectivity index (χ0n) is 18.1. The Labute approximate surface area is 190 Å². The lowest BCUT2D eigenvalue weighted by Gasteiger charge is -2.12. The van der Waals surface area contributed by atoms with Crippen LogP contribution in [0.15, 0.2) is 36.4 Å². The van der Waals surface area contributed by atoms with Crippen LogP contribution >= 0.6 is 0 Å². The second-order valence-electron chi connectivity index (χ2n) is 8.18. The Morgan fingerprint density at radius 3 is 2.48 bits per heavy atom. The van der Waals surface area contributed by atoms with Gasteiger partial charge in [0.15, 0.2) is 27.0 Å². The molecule has 10 heteroatoms. The van der Waals surface area contributed by atoms with Crippen molar-refractivity contribution in [3.63, 3.8) is 0 Å². The molecule has 1 N–H and O–H groups in total. The molecule has 172 valence electrons. The lowest BCUT2D eigenvalue weighted by molar-refractivity contribution is 0.0935. The van der Waals surface area contributed by atoms with Gasteiger partial charge in [0.2, 0.25) is 0 Å². The quantitative estimate of drug-likeness (QED) is 0.480. The van der Waals surface area contributed by atoms with E-state index in [0.717, 1.165) is 11.1 Å². The Kier molecular flexibility index (Phi) is 5.12. The second-order valence-corrected chi connectivity index (χ2v) is 10.4. The molecule has 0 unspecified atom stereocenters. The van der Waals surface area contributed by atoms with Crippen LogP contribution < -0.4 is 14.8 Å². The number of halogens is 1. The lowest BCUT2D eigenvalue weighted by Crippen LogP contribution is -2.36. The normalized spacial score (nSPS) is 18.0. The minimum absolute atomic E-state index is 0.0606. The number of hydrogen-bond acceptors (Lipinski definition) is 6. The van der Waals surface area contributed by atoms with E-state index < -0.39 is 21.8 Å². The summed E-state index contributed by atoms with van der Waals surface area (Å²) in [7, 11) is -0.0352. The Bertz CT molecular complexity index is 1370. The Hall–Kier alpha value is -3.40. The average Bonchev–Trinajstić information content (AvgIpc) is 3.44. The van der Waals surface area contributed by atoms with Gasteiger partial charge in [0, 0.05) is 23.6 Å². The predicted octanol–water partition coefficient (Wildman–Crippen LogP) is 2.52. The summed E-state index contributed by atoms with van der Waals surface area (Å²) in [6.07, 6.45) is 0.821. The lowest BCUT2D eigenvalue weighted by atomic mass is 10.1. The number of rotatable bonds is 5. The zero-order chi connectivity index (χ0) is 23.3. The topological polar surface area (TPSA) is 99.5 Å². The van der Waals surface area contributed by atoms with E-state index in [9.17, 15) is 17.6 Å². The van der Waals surface area contributed by atoms with Gasteiger partial charge in [-0.25, -0.2) is 17.5 Å². The minimum Gasteiger partial charge on any atom is -0.493 e. The summed E-state index contributed by atoms with van der Waals surface area (Å²) in [6, 6.07) is 9.10. The summed E-state index contributed by atoms with van der Waals surface area (Å²) in [5, 5.41) is 7.39. The van der Waals surface area contributed by atoms with Crippen molar-refractivity contribution in [3.05, 3.63) is 59.0 Å². The fourth-order valence-corrected chi connectivity index (χ4v) is 6.16. The fraction of sp³-hybridized carbons (Fsp3) is 0.304. The number of carbonyl (C=O) groups excluding carboxylic acids is 1. The molecule has 1 saturated heterocycles. The summed E-state index contributed by atoms with van der Waals surface area (Å²) >= 11 is 0. The highest BCUT2D eigenvalue weighted by Gasteiger charge is 2.35. The standard InChI is InChI=1S/C23H22FN3O5S/c1-31-19-10-13-9-18-21(23(28)25-15-7-8-33(29,30)12-15)26-27(16-5-3-14(24)4-6-16)22(18)17(13)11-20(19)32-2/h3-6,10-11,15H,7-9,12H2,1-2H3,(H,25,28)/t15-/m1/s1. The van der Waals surface area contributed by atoms with Gasteiger partial charge in [0.05, 0.1) is 37.1 Å². The molecule has 33 heavy (non-hydrogen) atoms. The van der Waals surface area contributed by atoms with E-state index in [0.29, 0.717) is 41.3 Å². The molecule has 3 aromatic rings. The highest BCUT2D eigenvalue weighted by Crippen LogP contribution is 2.44. The zero-order valence-corrected chi connectivity index (χ0v) is 18.9. The van der Waals surface area contributed by atoms with Crippen molar-refractivity contribution in [1.82, 2.24) is 15.1 Å². The van der Waals surface area contributed by atoms with Crippen molar-refractivity contribution in [2.75, 3.05) is 25.7 Å². The fourth-order valence-electron chi connectivity index (χ4n) is 4.49. The maximum absolute atomic E-state index is 13.5. The number of amides is 1. The van der Waals surface area contributed by atoms with Crippen molar-refractivity contribution in [2.24, 2.45) is 0 Å². The molecule has 1 aliphatic carbocycles. The third-order valence-corrected chi connectivity index (χ3v) is 7.84. The first-order valence-corrected chi connectivity index (χ1v) is 12.3. The third-order valence-electron chi connectivity index (χ3n) is 6.07. The molecule has 2 heterocycles. The molecule has 1 atom stereocenters. The van der Waals surface area contributed by atoms with Crippen LogP contribution in [0.2, 0.25) is 0 Å². The monoisotopic (exact) mass is 471 g/mol. The molecular formula is C23H22FN3O5S. The van der Waals surface area contributed by atoms with Crippen LogP contribution in [0.3, 0.4) is 0 Å². The Morgan fingerprint density at radius 1 is 1.15 bits per heavy atom. The highest BCUT2D eigenvalue weighted by molar-refractivity contribution is 7.91. The summed E-state index contributed by atoms with van der Waals surface area (Å²) in [5.41, 5.74) is 4.01. The predicted molar refractivity (Wildman–Crippen MR) is 119 cm³/mol. The van der Waals surface area contributed by atoms with Crippen molar-refractivity contribution in [1.29, 1.82) is 0 Å². The van der Waals surface area contributed by atoms with Gasteiger partial charge in [-0.2, -0.15) is 5.10 Å². The van der Waals surface area contributed by atoms with E-state index >= 15 is 0 Å². The molecule has 2 aromatic carbocycles. The molecule has 0 bridgehead atoms. The number of benzene rings is 2. The van der Waals surface area contributed by atoms with E-state index in [1.54, 1.807) is 31.0 Å². The van der Waals surface area contributed by atoms with E-state index in [4.69, 9.17) is 9.47 Å². The van der Waals surface area contributed by atoms with E-state index in [1.807, 2.05) is 12.1 Å². The van der Waals surface area contributed by atoms with Gasteiger partial charge in [-0.3, -0.25) is 4.79 Å². The summed E-state index contributed by atoms with van der Waals surface area (Å²) in [4.78, 5) is 13.2. The summed E-state index contributed by atoms with van der Waals surface area (Å²) < 4.78 is 49.7. The molecule has 5 rings (SSSR count). The number of ether oxygens (including phenoxy) is 2. The molecule has 1 fully saturated rings. The molecule has 0 saturated carbocycles. The number of aromatic nitrogens is 2. The first kappa shape index (κ1) is 21.4. The Morgan fingerprint density at radius 2 is 1.85 bits per heavy atom. The smallest absolute Gasteiger partial charge is 0.272 e. The molecule has 2 aliphatic rings. The molecule has 1 amide bonds. The van der Waals surface area contributed by atoms with Crippen LogP contribution in [0.1, 0.15) is 28.0 Å². The van der Waals surface area contributed by atoms with E-state index in [2.05, 4.69) is 10.4 Å². The van der Waals surface area contributed by atoms with Crippen LogP contribution in [-0.4, -0.2) is 55.9 Å². The van der Waals surface area contributed by atoms with Gasteiger partial charge in [-0.15, -0.1) is 0 Å². The largest absolute Gasteiger partial charge is 0.493 e. The van der Waals surface area contributed by atoms with Crippen LogP contribution in [0.5, 0.6) is 11.5 Å². The molecule has 0 radical (unpaired) electrons. The second kappa shape index (κ2) is 7.87. The number of nitrogens with zero attached hydrogens (tertiary/aromatic N) is 2. The number of carbonyl (C=O) groups is 1. The van der Waals surface area contributed by atoms with Gasteiger partial charge in [0.1, 0.15) is 5.82 Å². The van der Waals surface area contributed by atoms with Crippen LogP contribution in [0, 0.1) is 5.82 Å². The van der Waals surface area contributed by atoms with Crippen LogP contribution in [0.4, 0.5) is 4.39 Å². The number of sulfone groups is 1. The number of fused-ring (bicyclic) bond motifs is 3. The van der Waals surface area contributed by atoms with Crippen LogP contribution in [-0.2, 0) is 16.3 Å². The van der Waals surface area contributed by atoms with Crippen molar-refractivity contribution in [3.8, 4) is 28.4 Å². The molecular weight excluding hydrogens is 449 g/mol. The summed E-state index contributed by atoms with van der Waals surface area (Å²) in [5.74, 6) is 0.290. The molecule has 1 aliphatic heterocycles. The third kappa shape index (κ3) is 3.74. The highest BCUT2D eigenvalue weighted by atomic mass is 32.2. The first-order chi connectivity index (χ1) is 15.8. The molecule has 1 aromatic heterocycles. The van der Waals surface area contributed by atoms with Gasteiger partial charge < -0.3 is 14.8 Å². The van der Waals surface area contributed by atoms with Crippen molar-refractivity contribution in [2.45, 2.75) is 18.9 Å². The minimum atomic E-state index is -3.14. The SMILES string of the molecule is COc1cc2c(cc1OC)-c1c(c(C(=O)N[C@@H]3CCS(=O)(=O)C3)nn1-c1ccc(F)cc1)C2. The van der Waals surface area contributed by atoms with Gasteiger partial charge in [0.25, 0.3) is 5.91 Å². The first-order valence-electron chi connectivity index (χ1n) is 10.4. The van der Waals surface area contributed by atoms with Gasteiger partial charge in [-0.1, -0.05) is 0 Å². The Balaban J connectivity index is 1.61. The molecule has 0 spiro atoms.